The molecule has 7 heteroatoms. The Kier molecular flexibility index (Phi) is 5.90. The predicted molar refractivity (Wildman–Crippen MR) is 102 cm³/mol. The third-order valence-corrected chi connectivity index (χ3v) is 5.16. The second-order valence-corrected chi connectivity index (χ2v) is 7.34. The topological polar surface area (TPSA) is 83.8 Å². The number of benzene rings is 2. The van der Waals surface area contributed by atoms with Gasteiger partial charge in [-0.3, -0.25) is 0 Å². The molecule has 0 heterocycles. The maximum atomic E-state index is 14.9. The molecule has 2 aromatic carbocycles. The van der Waals surface area contributed by atoms with Crippen LogP contribution in [0.25, 0.3) is 0 Å². The number of carbonyl (C=O) groups is 2. The fourth-order valence-corrected chi connectivity index (χ4v) is 3.23. The molecule has 0 fully saturated rings. The molecule has 2 N–H and O–H groups in total. The van der Waals surface area contributed by atoms with E-state index in [1.807, 2.05) is 13.0 Å². The Labute approximate surface area is 163 Å². The zero-order chi connectivity index (χ0) is 19.6. The maximum Gasteiger partial charge on any atom is 0.345 e. The quantitative estimate of drug-likeness (QED) is 0.500. The highest BCUT2D eigenvalue weighted by Gasteiger charge is 2.46. The summed E-state index contributed by atoms with van der Waals surface area (Å²) in [6.45, 7) is 4.39. The van der Waals surface area contributed by atoms with E-state index >= 15 is 0 Å². The van der Waals surface area contributed by atoms with Gasteiger partial charge in [0, 0.05) is 3.57 Å². The third-order valence-electron chi connectivity index (χ3n) is 4.04. The standard InChI is InChI=1S/C19H18FIO5/c1-10-8-14(11(2)15(21)9-10)17(23)26-16(19(3,20)18(24)25)12-4-6-13(22)7-5-12/h4-9,16,22H,1-3H3,(H,24,25). The zero-order valence-electron chi connectivity index (χ0n) is 14.4. The molecule has 0 saturated carbocycles. The summed E-state index contributed by atoms with van der Waals surface area (Å²) in [5.41, 5.74) is -0.976. The fraction of sp³-hybridized carbons (Fsp3) is 0.263. The third kappa shape index (κ3) is 4.14. The molecule has 0 amide bonds. The van der Waals surface area contributed by atoms with Crippen LogP contribution < -0.4 is 0 Å². The van der Waals surface area contributed by atoms with E-state index in [1.165, 1.54) is 24.3 Å². The van der Waals surface area contributed by atoms with Crippen LogP contribution in [0.5, 0.6) is 5.75 Å². The van der Waals surface area contributed by atoms with E-state index in [9.17, 15) is 24.2 Å². The van der Waals surface area contributed by atoms with Crippen LogP contribution >= 0.6 is 22.6 Å². The Balaban J connectivity index is 2.46. The average molecular weight is 472 g/mol. The zero-order valence-corrected chi connectivity index (χ0v) is 16.6. The van der Waals surface area contributed by atoms with Gasteiger partial charge in [-0.25, -0.2) is 14.0 Å². The molecular weight excluding hydrogens is 454 g/mol. The van der Waals surface area contributed by atoms with Crippen LogP contribution in [0.2, 0.25) is 0 Å². The van der Waals surface area contributed by atoms with Gasteiger partial charge in [0.2, 0.25) is 5.67 Å². The molecule has 0 radical (unpaired) electrons. The van der Waals surface area contributed by atoms with Gasteiger partial charge >= 0.3 is 11.9 Å². The van der Waals surface area contributed by atoms with Gasteiger partial charge in [0.25, 0.3) is 0 Å². The molecule has 2 unspecified atom stereocenters. The molecule has 2 atom stereocenters. The van der Waals surface area contributed by atoms with Crippen molar-refractivity contribution in [1.82, 2.24) is 0 Å². The summed E-state index contributed by atoms with van der Waals surface area (Å²) >= 11 is 2.08. The summed E-state index contributed by atoms with van der Waals surface area (Å²) < 4.78 is 21.0. The monoisotopic (exact) mass is 472 g/mol. The number of rotatable bonds is 5. The summed E-state index contributed by atoms with van der Waals surface area (Å²) in [7, 11) is 0. The maximum absolute atomic E-state index is 14.9. The summed E-state index contributed by atoms with van der Waals surface area (Å²) in [5, 5.41) is 18.6. The Morgan fingerprint density at radius 2 is 1.77 bits per heavy atom. The second-order valence-electron chi connectivity index (χ2n) is 6.18. The lowest BCUT2D eigenvalue weighted by molar-refractivity contribution is -0.158. The SMILES string of the molecule is Cc1cc(I)c(C)c(C(=O)OC(c2ccc(O)cc2)C(C)(F)C(=O)O)c1. The van der Waals surface area contributed by atoms with Gasteiger partial charge in [0.15, 0.2) is 6.10 Å². The highest BCUT2D eigenvalue weighted by molar-refractivity contribution is 14.1. The lowest BCUT2D eigenvalue weighted by Gasteiger charge is -2.27. The van der Waals surface area contributed by atoms with Gasteiger partial charge in [0.05, 0.1) is 5.56 Å². The number of ether oxygens (including phenoxy) is 1. The van der Waals surface area contributed by atoms with Crippen molar-refractivity contribution in [2.45, 2.75) is 32.5 Å². The van der Waals surface area contributed by atoms with E-state index in [4.69, 9.17) is 4.74 Å². The number of alkyl halides is 1. The van der Waals surface area contributed by atoms with Crippen molar-refractivity contribution >= 4 is 34.5 Å². The molecule has 0 aliphatic rings. The van der Waals surface area contributed by atoms with Crippen LogP contribution in [0.15, 0.2) is 36.4 Å². The molecule has 0 aliphatic carbocycles. The number of hydrogen-bond donors (Lipinski definition) is 2. The van der Waals surface area contributed by atoms with E-state index in [2.05, 4.69) is 22.6 Å². The number of esters is 1. The number of carbonyl (C=O) groups excluding carboxylic acids is 1. The molecule has 0 aliphatic heterocycles. The van der Waals surface area contributed by atoms with Gasteiger partial charge in [0.1, 0.15) is 5.75 Å². The van der Waals surface area contributed by atoms with Crippen molar-refractivity contribution in [3.8, 4) is 5.75 Å². The normalized spacial score (nSPS) is 14.3. The first-order valence-corrected chi connectivity index (χ1v) is 8.81. The number of hydrogen-bond acceptors (Lipinski definition) is 4. The summed E-state index contributed by atoms with van der Waals surface area (Å²) in [6, 6.07) is 8.69. The lowest BCUT2D eigenvalue weighted by Crippen LogP contribution is -2.39. The van der Waals surface area contributed by atoms with Crippen LogP contribution in [0, 0.1) is 17.4 Å². The van der Waals surface area contributed by atoms with Gasteiger partial charge in [-0.2, -0.15) is 0 Å². The Hall–Kier alpha value is -2.16. The number of phenols is 1. The smallest absolute Gasteiger partial charge is 0.345 e. The minimum Gasteiger partial charge on any atom is -0.508 e. The molecule has 0 bridgehead atoms. The first-order valence-electron chi connectivity index (χ1n) is 7.73. The van der Waals surface area contributed by atoms with Crippen molar-refractivity contribution in [1.29, 1.82) is 0 Å². The minimum absolute atomic E-state index is 0.0706. The number of carboxylic acid groups (broad SMARTS) is 1. The van der Waals surface area contributed by atoms with Crippen LogP contribution in [0.4, 0.5) is 4.39 Å². The number of phenolic OH excluding ortho intramolecular Hbond substituents is 1. The van der Waals surface area contributed by atoms with Gasteiger partial charge in [-0.05, 0) is 84.3 Å². The molecule has 138 valence electrons. The number of aliphatic carboxylic acids is 1. The van der Waals surface area contributed by atoms with Gasteiger partial charge in [-0.15, -0.1) is 0 Å². The largest absolute Gasteiger partial charge is 0.508 e. The summed E-state index contributed by atoms with van der Waals surface area (Å²) in [6.07, 6.45) is -1.68. The molecule has 0 saturated heterocycles. The Morgan fingerprint density at radius 1 is 1.19 bits per heavy atom. The van der Waals surface area contributed by atoms with Crippen LogP contribution in [-0.4, -0.2) is 27.8 Å². The first kappa shape index (κ1) is 20.2. The van der Waals surface area contributed by atoms with E-state index in [-0.39, 0.29) is 16.9 Å². The highest BCUT2D eigenvalue weighted by Crippen LogP contribution is 2.35. The summed E-state index contributed by atoms with van der Waals surface area (Å²) in [5.74, 6) is -2.63. The lowest BCUT2D eigenvalue weighted by atomic mass is 9.94. The van der Waals surface area contributed by atoms with E-state index < -0.39 is 23.7 Å². The number of halogens is 2. The fourth-order valence-electron chi connectivity index (χ4n) is 2.45. The van der Waals surface area contributed by atoms with Crippen LogP contribution in [0.1, 0.15) is 40.1 Å². The van der Waals surface area contributed by atoms with Crippen molar-refractivity contribution in [3.05, 3.63) is 62.2 Å². The highest BCUT2D eigenvalue weighted by atomic mass is 127. The van der Waals surface area contributed by atoms with Crippen molar-refractivity contribution in [2.24, 2.45) is 0 Å². The van der Waals surface area contributed by atoms with E-state index in [0.717, 1.165) is 16.1 Å². The van der Waals surface area contributed by atoms with Crippen molar-refractivity contribution < 1.29 is 28.9 Å². The predicted octanol–water partition coefficient (Wildman–Crippen LogP) is 4.32. The Morgan fingerprint density at radius 3 is 2.31 bits per heavy atom. The van der Waals surface area contributed by atoms with Crippen LogP contribution in [-0.2, 0) is 9.53 Å². The number of aromatic hydroxyl groups is 1. The summed E-state index contributed by atoms with van der Waals surface area (Å²) in [4.78, 5) is 24.0. The molecule has 26 heavy (non-hydrogen) atoms. The van der Waals surface area contributed by atoms with Crippen LogP contribution in [0.3, 0.4) is 0 Å². The number of carboxylic acids is 1. The molecule has 0 spiro atoms. The number of aryl methyl sites for hydroxylation is 1. The molecule has 0 aromatic heterocycles. The van der Waals surface area contributed by atoms with Gasteiger partial charge in [-0.1, -0.05) is 12.1 Å². The van der Waals surface area contributed by atoms with Crippen molar-refractivity contribution in [2.75, 3.05) is 0 Å². The second kappa shape index (κ2) is 7.61. The minimum atomic E-state index is -2.85. The molecule has 5 nitrogen and oxygen atoms in total. The molecule has 2 rings (SSSR count). The van der Waals surface area contributed by atoms with Gasteiger partial charge < -0.3 is 14.9 Å². The van der Waals surface area contributed by atoms with E-state index in [1.54, 1.807) is 13.0 Å². The van der Waals surface area contributed by atoms with E-state index in [0.29, 0.717) is 5.56 Å². The molecule has 2 aromatic rings. The average Bonchev–Trinajstić information content (AvgIpc) is 2.56. The Bertz CT molecular complexity index is 846. The molecular formula is C19H18FIO5. The first-order chi connectivity index (χ1) is 12.0. The van der Waals surface area contributed by atoms with Crippen molar-refractivity contribution in [3.63, 3.8) is 0 Å².